The molecule has 0 atom stereocenters. The van der Waals surface area contributed by atoms with E-state index in [0.717, 1.165) is 6.07 Å². The van der Waals surface area contributed by atoms with Crippen LogP contribution in [0, 0.1) is 5.82 Å². The lowest BCUT2D eigenvalue weighted by molar-refractivity contribution is 0.410. The Balaban J connectivity index is 2.12. The van der Waals surface area contributed by atoms with Crippen LogP contribution in [0.5, 0.6) is 0 Å². The van der Waals surface area contributed by atoms with E-state index in [9.17, 15) is 12.8 Å². The van der Waals surface area contributed by atoms with E-state index in [2.05, 4.69) is 24.7 Å². The summed E-state index contributed by atoms with van der Waals surface area (Å²) in [4.78, 5) is 3.71. The van der Waals surface area contributed by atoms with Crippen LogP contribution in [0.1, 0.15) is 11.4 Å². The van der Waals surface area contributed by atoms with Crippen molar-refractivity contribution in [1.29, 1.82) is 0 Å². The van der Waals surface area contributed by atoms with Crippen LogP contribution in [-0.4, -0.2) is 32.2 Å². The van der Waals surface area contributed by atoms with Crippen LogP contribution in [-0.2, 0) is 23.0 Å². The van der Waals surface area contributed by atoms with E-state index in [1.807, 2.05) is 0 Å². The van der Waals surface area contributed by atoms with Crippen molar-refractivity contribution in [3.05, 3.63) is 41.8 Å². The number of hydrogen-bond donors (Lipinski definition) is 2. The monoisotopic (exact) mass is 314 g/mol. The molecule has 0 aliphatic carbocycles. The molecule has 0 spiro atoms. The molecule has 0 bridgehead atoms. The summed E-state index contributed by atoms with van der Waals surface area (Å²) < 4.78 is 44.7. The Kier molecular flexibility index (Phi) is 4.99. The summed E-state index contributed by atoms with van der Waals surface area (Å²) in [5.74, 6) is -0.208. The molecule has 2 N–H and O–H groups in total. The number of nitrogens with zero attached hydrogens (tertiary/aromatic N) is 2. The molecule has 0 amide bonds. The zero-order valence-corrected chi connectivity index (χ0v) is 12.2. The number of nitrogens with one attached hydrogen (secondary N) is 2. The lowest BCUT2D eigenvalue weighted by atomic mass is 10.2. The molecule has 114 valence electrons. The summed E-state index contributed by atoms with van der Waals surface area (Å²) in [6.07, 6.45) is 1.45. The van der Waals surface area contributed by atoms with Crippen molar-refractivity contribution >= 4 is 10.0 Å². The molecular formula is C12H15FN4O3S. The SMILES string of the molecule is CNCc1ccc(F)cc1S(=O)(=O)NCCc1ncon1. The minimum Gasteiger partial charge on any atom is -0.343 e. The highest BCUT2D eigenvalue weighted by atomic mass is 32.2. The molecule has 0 fully saturated rings. The maximum Gasteiger partial charge on any atom is 0.241 e. The third kappa shape index (κ3) is 4.06. The zero-order chi connectivity index (χ0) is 15.3. The number of rotatable bonds is 7. The first-order valence-electron chi connectivity index (χ1n) is 6.21. The van der Waals surface area contributed by atoms with Gasteiger partial charge in [0.25, 0.3) is 0 Å². The van der Waals surface area contributed by atoms with Crippen LogP contribution >= 0.6 is 0 Å². The maximum atomic E-state index is 13.3. The lowest BCUT2D eigenvalue weighted by Crippen LogP contribution is -2.28. The molecule has 9 heteroatoms. The van der Waals surface area contributed by atoms with E-state index in [1.54, 1.807) is 7.05 Å². The summed E-state index contributed by atoms with van der Waals surface area (Å²) in [5.41, 5.74) is 0.492. The first-order valence-corrected chi connectivity index (χ1v) is 7.69. The van der Waals surface area contributed by atoms with Gasteiger partial charge < -0.3 is 9.84 Å². The fourth-order valence-corrected chi connectivity index (χ4v) is 3.07. The molecule has 1 aromatic carbocycles. The van der Waals surface area contributed by atoms with E-state index < -0.39 is 15.8 Å². The van der Waals surface area contributed by atoms with E-state index in [-0.39, 0.29) is 17.9 Å². The first-order chi connectivity index (χ1) is 10.0. The molecule has 0 aliphatic rings. The van der Waals surface area contributed by atoms with Crippen molar-refractivity contribution < 1.29 is 17.3 Å². The minimum absolute atomic E-state index is 0.0787. The minimum atomic E-state index is -3.81. The van der Waals surface area contributed by atoms with Crippen molar-refractivity contribution in [2.24, 2.45) is 0 Å². The smallest absolute Gasteiger partial charge is 0.241 e. The Labute approximate surface area is 121 Å². The highest BCUT2D eigenvalue weighted by Crippen LogP contribution is 2.17. The maximum absolute atomic E-state index is 13.3. The van der Waals surface area contributed by atoms with Gasteiger partial charge in [0.15, 0.2) is 5.82 Å². The lowest BCUT2D eigenvalue weighted by Gasteiger charge is -2.11. The Hall–Kier alpha value is -1.84. The van der Waals surface area contributed by atoms with Gasteiger partial charge in [0.2, 0.25) is 16.4 Å². The highest BCUT2D eigenvalue weighted by molar-refractivity contribution is 7.89. The van der Waals surface area contributed by atoms with Gasteiger partial charge in [-0.1, -0.05) is 11.2 Å². The van der Waals surface area contributed by atoms with E-state index >= 15 is 0 Å². The average Bonchev–Trinajstić information content (AvgIpc) is 2.94. The van der Waals surface area contributed by atoms with Crippen LogP contribution in [0.4, 0.5) is 4.39 Å². The third-order valence-electron chi connectivity index (χ3n) is 2.73. The molecule has 0 aliphatic heterocycles. The molecule has 0 radical (unpaired) electrons. The molecule has 1 heterocycles. The molecule has 0 unspecified atom stereocenters. The summed E-state index contributed by atoms with van der Waals surface area (Å²) in [6.45, 7) is 0.415. The van der Waals surface area contributed by atoms with Gasteiger partial charge in [-0.25, -0.2) is 17.5 Å². The van der Waals surface area contributed by atoms with Crippen molar-refractivity contribution in [3.63, 3.8) is 0 Å². The number of benzene rings is 1. The Morgan fingerprint density at radius 1 is 1.38 bits per heavy atom. The fraction of sp³-hybridized carbons (Fsp3) is 0.333. The van der Waals surface area contributed by atoms with Crippen molar-refractivity contribution in [2.45, 2.75) is 17.9 Å². The standard InChI is InChI=1S/C12H15FN4O3S/c1-14-7-9-2-3-10(13)6-11(9)21(18,19)16-5-4-12-15-8-20-17-12/h2-3,6,8,14,16H,4-5,7H2,1H3. The molecule has 2 rings (SSSR count). The molecular weight excluding hydrogens is 299 g/mol. The topological polar surface area (TPSA) is 97.1 Å². The summed E-state index contributed by atoms with van der Waals surface area (Å²) >= 11 is 0. The number of aromatic nitrogens is 2. The van der Waals surface area contributed by atoms with Gasteiger partial charge in [0, 0.05) is 19.5 Å². The molecule has 0 saturated carbocycles. The van der Waals surface area contributed by atoms with Crippen LogP contribution in [0.2, 0.25) is 0 Å². The van der Waals surface area contributed by atoms with E-state index in [0.29, 0.717) is 17.9 Å². The largest absolute Gasteiger partial charge is 0.343 e. The van der Waals surface area contributed by atoms with Crippen LogP contribution < -0.4 is 10.0 Å². The Morgan fingerprint density at radius 2 is 2.19 bits per heavy atom. The molecule has 2 aromatic rings. The second-order valence-corrected chi connectivity index (χ2v) is 6.01. The van der Waals surface area contributed by atoms with Crippen molar-refractivity contribution in [3.8, 4) is 0 Å². The van der Waals surface area contributed by atoms with Crippen LogP contribution in [0.3, 0.4) is 0 Å². The normalized spacial score (nSPS) is 11.7. The van der Waals surface area contributed by atoms with Crippen molar-refractivity contribution in [1.82, 2.24) is 20.2 Å². The summed E-state index contributed by atoms with van der Waals surface area (Å²) in [6, 6.07) is 3.67. The van der Waals surface area contributed by atoms with Crippen molar-refractivity contribution in [2.75, 3.05) is 13.6 Å². The number of sulfonamides is 1. The summed E-state index contributed by atoms with van der Waals surface area (Å²) in [5, 5.41) is 6.43. The van der Waals surface area contributed by atoms with Gasteiger partial charge in [-0.2, -0.15) is 4.98 Å². The molecule has 7 nitrogen and oxygen atoms in total. The molecule has 0 saturated heterocycles. The first kappa shape index (κ1) is 15.5. The second kappa shape index (κ2) is 6.74. The van der Waals surface area contributed by atoms with Gasteiger partial charge in [0.1, 0.15) is 5.82 Å². The van der Waals surface area contributed by atoms with Crippen LogP contribution in [0.25, 0.3) is 0 Å². The molecule has 1 aromatic heterocycles. The van der Waals surface area contributed by atoms with E-state index in [4.69, 9.17) is 0 Å². The summed E-state index contributed by atoms with van der Waals surface area (Å²) in [7, 11) is -2.12. The van der Waals surface area contributed by atoms with Gasteiger partial charge in [0.05, 0.1) is 4.90 Å². The molecule has 21 heavy (non-hydrogen) atoms. The zero-order valence-electron chi connectivity index (χ0n) is 11.3. The Bertz CT molecular complexity index is 689. The van der Waals surface area contributed by atoms with Gasteiger partial charge in [-0.3, -0.25) is 0 Å². The van der Waals surface area contributed by atoms with Gasteiger partial charge >= 0.3 is 0 Å². The quantitative estimate of drug-likeness (QED) is 0.770. The number of halogens is 1. The van der Waals surface area contributed by atoms with E-state index in [1.165, 1.54) is 18.5 Å². The predicted molar refractivity (Wildman–Crippen MR) is 72.4 cm³/mol. The third-order valence-corrected chi connectivity index (χ3v) is 4.28. The average molecular weight is 314 g/mol. The highest BCUT2D eigenvalue weighted by Gasteiger charge is 2.19. The second-order valence-electron chi connectivity index (χ2n) is 4.28. The van der Waals surface area contributed by atoms with Crippen LogP contribution in [0.15, 0.2) is 34.0 Å². The Morgan fingerprint density at radius 3 is 2.86 bits per heavy atom. The predicted octanol–water partition coefficient (Wildman–Crippen LogP) is 0.449. The van der Waals surface area contributed by atoms with Gasteiger partial charge in [-0.05, 0) is 24.7 Å². The number of hydrogen-bond acceptors (Lipinski definition) is 6. The van der Waals surface area contributed by atoms with Gasteiger partial charge in [-0.15, -0.1) is 0 Å². The fourth-order valence-electron chi connectivity index (χ4n) is 1.79.